The first-order valence-corrected chi connectivity index (χ1v) is 9.22. The first-order chi connectivity index (χ1) is 10.8. The smallest absolute Gasteiger partial charge is 0.305 e. The maximum atomic E-state index is 11.3. The van der Waals surface area contributed by atoms with Crippen molar-refractivity contribution in [3.63, 3.8) is 0 Å². The van der Waals surface area contributed by atoms with E-state index in [1.807, 2.05) is 0 Å². The quantitative estimate of drug-likeness (QED) is 0.243. The van der Waals surface area contributed by atoms with E-state index in [0.717, 1.165) is 12.8 Å². The summed E-state index contributed by atoms with van der Waals surface area (Å²) in [7, 11) is 0. The highest BCUT2D eigenvalue weighted by Crippen LogP contribution is 2.09. The fourth-order valence-electron chi connectivity index (χ4n) is 2.31. The van der Waals surface area contributed by atoms with E-state index < -0.39 is 0 Å². The molecule has 0 saturated carbocycles. The Hall–Kier alpha value is -0.830. The van der Waals surface area contributed by atoms with E-state index >= 15 is 0 Å². The van der Waals surface area contributed by atoms with Gasteiger partial charge in [0.15, 0.2) is 0 Å². The van der Waals surface area contributed by atoms with Gasteiger partial charge < -0.3 is 9.84 Å². The number of carbonyl (C=O) groups excluding carboxylic acids is 1. The first kappa shape index (κ1) is 21.2. The van der Waals surface area contributed by atoms with Gasteiger partial charge in [0.1, 0.15) is 0 Å². The number of ether oxygens (including phenoxy) is 1. The number of hydrogen-bond acceptors (Lipinski definition) is 3. The SMILES string of the molecule is CCCCCC/C=C\CCCCCCCC(=O)OCCCO. The van der Waals surface area contributed by atoms with Crippen LogP contribution in [0.2, 0.25) is 0 Å². The van der Waals surface area contributed by atoms with E-state index in [-0.39, 0.29) is 12.6 Å². The van der Waals surface area contributed by atoms with Crippen molar-refractivity contribution in [3.05, 3.63) is 12.2 Å². The highest BCUT2D eigenvalue weighted by molar-refractivity contribution is 5.69. The zero-order chi connectivity index (χ0) is 16.3. The summed E-state index contributed by atoms with van der Waals surface area (Å²) in [5.74, 6) is -0.126. The summed E-state index contributed by atoms with van der Waals surface area (Å²) in [5.41, 5.74) is 0. The van der Waals surface area contributed by atoms with Crippen molar-refractivity contribution in [3.8, 4) is 0 Å². The van der Waals surface area contributed by atoms with Crippen LogP contribution in [0, 0.1) is 0 Å². The van der Waals surface area contributed by atoms with Crippen LogP contribution in [-0.2, 0) is 9.53 Å². The van der Waals surface area contributed by atoms with E-state index in [0.29, 0.717) is 19.4 Å². The van der Waals surface area contributed by atoms with Crippen LogP contribution in [0.3, 0.4) is 0 Å². The standard InChI is InChI=1S/C19H36O3/c1-2-3-4-5-6-7-8-9-10-11-12-13-14-16-19(21)22-18-15-17-20/h7-8,20H,2-6,9-18H2,1H3/b8-7-. The third kappa shape index (κ3) is 17.2. The third-order valence-electron chi connectivity index (χ3n) is 3.71. The fraction of sp³-hybridized carbons (Fsp3) is 0.842. The summed E-state index contributed by atoms with van der Waals surface area (Å²) >= 11 is 0. The van der Waals surface area contributed by atoms with Gasteiger partial charge in [0.25, 0.3) is 0 Å². The van der Waals surface area contributed by atoms with E-state index in [1.165, 1.54) is 57.8 Å². The number of esters is 1. The van der Waals surface area contributed by atoms with Gasteiger partial charge in [0.05, 0.1) is 6.61 Å². The van der Waals surface area contributed by atoms with Gasteiger partial charge in [-0.25, -0.2) is 0 Å². The molecular formula is C19H36O3. The molecule has 0 aliphatic rings. The van der Waals surface area contributed by atoms with Crippen molar-refractivity contribution in [2.75, 3.05) is 13.2 Å². The van der Waals surface area contributed by atoms with Crippen molar-refractivity contribution in [2.24, 2.45) is 0 Å². The average Bonchev–Trinajstić information content (AvgIpc) is 2.52. The second-order valence-corrected chi connectivity index (χ2v) is 5.92. The number of carbonyl (C=O) groups is 1. The number of allylic oxidation sites excluding steroid dienone is 2. The molecule has 0 fully saturated rings. The molecule has 0 rings (SSSR count). The minimum atomic E-state index is -0.126. The number of hydrogen-bond donors (Lipinski definition) is 1. The van der Waals surface area contributed by atoms with Gasteiger partial charge in [-0.1, -0.05) is 57.6 Å². The van der Waals surface area contributed by atoms with Crippen molar-refractivity contribution in [1.82, 2.24) is 0 Å². The minimum Gasteiger partial charge on any atom is -0.466 e. The van der Waals surface area contributed by atoms with Gasteiger partial charge in [-0.05, 0) is 32.1 Å². The maximum absolute atomic E-state index is 11.3. The minimum absolute atomic E-state index is 0.0838. The number of aliphatic hydroxyl groups is 1. The number of rotatable bonds is 16. The molecule has 0 unspecified atom stereocenters. The van der Waals surface area contributed by atoms with Crippen molar-refractivity contribution in [2.45, 2.75) is 90.4 Å². The van der Waals surface area contributed by atoms with E-state index in [1.54, 1.807) is 0 Å². The van der Waals surface area contributed by atoms with Gasteiger partial charge in [-0.15, -0.1) is 0 Å². The summed E-state index contributed by atoms with van der Waals surface area (Å²) in [6.45, 7) is 2.68. The summed E-state index contributed by atoms with van der Waals surface area (Å²) in [5, 5.41) is 8.58. The van der Waals surface area contributed by atoms with Crippen molar-refractivity contribution < 1.29 is 14.6 Å². The molecule has 0 aliphatic heterocycles. The van der Waals surface area contributed by atoms with Gasteiger partial charge in [0, 0.05) is 19.4 Å². The van der Waals surface area contributed by atoms with Crippen LogP contribution in [0.4, 0.5) is 0 Å². The van der Waals surface area contributed by atoms with Gasteiger partial charge >= 0.3 is 5.97 Å². The molecule has 3 nitrogen and oxygen atoms in total. The van der Waals surface area contributed by atoms with Crippen LogP contribution in [0.1, 0.15) is 90.4 Å². The van der Waals surface area contributed by atoms with Crippen LogP contribution in [0.5, 0.6) is 0 Å². The molecule has 22 heavy (non-hydrogen) atoms. The molecule has 0 heterocycles. The first-order valence-electron chi connectivity index (χ1n) is 9.22. The zero-order valence-corrected chi connectivity index (χ0v) is 14.5. The Morgan fingerprint density at radius 3 is 2.09 bits per heavy atom. The Morgan fingerprint density at radius 2 is 1.45 bits per heavy atom. The van der Waals surface area contributed by atoms with Gasteiger partial charge in [-0.2, -0.15) is 0 Å². The lowest BCUT2D eigenvalue weighted by molar-refractivity contribution is -0.144. The maximum Gasteiger partial charge on any atom is 0.305 e. The predicted octanol–water partition coefficient (Wildman–Crippen LogP) is 5.17. The molecule has 0 aliphatic carbocycles. The van der Waals surface area contributed by atoms with Crippen LogP contribution in [-0.4, -0.2) is 24.3 Å². The van der Waals surface area contributed by atoms with Crippen LogP contribution < -0.4 is 0 Å². The second kappa shape index (κ2) is 18.2. The monoisotopic (exact) mass is 312 g/mol. The number of unbranched alkanes of at least 4 members (excludes halogenated alkanes) is 9. The molecule has 0 amide bonds. The molecule has 0 atom stereocenters. The largest absolute Gasteiger partial charge is 0.466 e. The molecule has 1 N–H and O–H groups in total. The molecule has 0 aromatic carbocycles. The van der Waals surface area contributed by atoms with Crippen LogP contribution >= 0.6 is 0 Å². The average molecular weight is 312 g/mol. The Bertz CT molecular complexity index is 261. The Morgan fingerprint density at radius 1 is 0.864 bits per heavy atom. The Balaban J connectivity index is 3.16. The highest BCUT2D eigenvalue weighted by Gasteiger charge is 2.01. The lowest BCUT2D eigenvalue weighted by Crippen LogP contribution is -2.06. The zero-order valence-electron chi connectivity index (χ0n) is 14.5. The summed E-state index contributed by atoms with van der Waals surface area (Å²) in [6.07, 6.45) is 19.2. The van der Waals surface area contributed by atoms with Crippen LogP contribution in [0.25, 0.3) is 0 Å². The predicted molar refractivity (Wildman–Crippen MR) is 92.9 cm³/mol. The second-order valence-electron chi connectivity index (χ2n) is 5.92. The van der Waals surface area contributed by atoms with Crippen LogP contribution in [0.15, 0.2) is 12.2 Å². The molecule has 0 bridgehead atoms. The normalized spacial score (nSPS) is 11.2. The molecule has 3 heteroatoms. The van der Waals surface area contributed by atoms with Gasteiger partial charge in [0.2, 0.25) is 0 Å². The summed E-state index contributed by atoms with van der Waals surface area (Å²) < 4.78 is 4.98. The van der Waals surface area contributed by atoms with E-state index in [2.05, 4.69) is 19.1 Å². The van der Waals surface area contributed by atoms with E-state index in [4.69, 9.17) is 9.84 Å². The highest BCUT2D eigenvalue weighted by atomic mass is 16.5. The topological polar surface area (TPSA) is 46.5 Å². The molecular weight excluding hydrogens is 276 g/mol. The van der Waals surface area contributed by atoms with Crippen molar-refractivity contribution >= 4 is 5.97 Å². The van der Waals surface area contributed by atoms with Crippen molar-refractivity contribution in [1.29, 1.82) is 0 Å². The van der Waals surface area contributed by atoms with E-state index in [9.17, 15) is 4.79 Å². The lowest BCUT2D eigenvalue weighted by atomic mass is 10.1. The molecule has 0 aromatic rings. The summed E-state index contributed by atoms with van der Waals surface area (Å²) in [4.78, 5) is 11.3. The summed E-state index contributed by atoms with van der Waals surface area (Å²) in [6, 6.07) is 0. The molecule has 130 valence electrons. The lowest BCUT2D eigenvalue weighted by Gasteiger charge is -2.03. The van der Waals surface area contributed by atoms with Gasteiger partial charge in [-0.3, -0.25) is 4.79 Å². The molecule has 0 saturated heterocycles. The third-order valence-corrected chi connectivity index (χ3v) is 3.71. The number of aliphatic hydroxyl groups excluding tert-OH is 1. The fourth-order valence-corrected chi connectivity index (χ4v) is 2.31. The Labute approximate surface area is 137 Å². The molecule has 0 spiro atoms. The molecule has 0 radical (unpaired) electrons. The molecule has 0 aromatic heterocycles. The Kier molecular flexibility index (Phi) is 17.5.